The minimum absolute atomic E-state index is 0.0208. The Bertz CT molecular complexity index is 814. The predicted octanol–water partition coefficient (Wildman–Crippen LogP) is 2.06. The van der Waals surface area contributed by atoms with Crippen molar-refractivity contribution >= 4 is 11.6 Å². The van der Waals surface area contributed by atoms with Gasteiger partial charge in [-0.25, -0.2) is 0 Å². The Morgan fingerprint density at radius 1 is 1.25 bits per heavy atom. The Labute approximate surface area is 166 Å². The summed E-state index contributed by atoms with van der Waals surface area (Å²) in [6, 6.07) is 5.56. The number of anilines is 1. The number of likely N-dealkylation sites (tertiary alicyclic amines) is 1. The van der Waals surface area contributed by atoms with E-state index in [0.29, 0.717) is 5.69 Å². The molecular formula is C21H29N5O2. The fourth-order valence-electron chi connectivity index (χ4n) is 4.40. The maximum atomic E-state index is 12.9. The average molecular weight is 383 g/mol. The number of carbonyl (C=O) groups is 1. The number of hydrogen-bond acceptors (Lipinski definition) is 6. The van der Waals surface area contributed by atoms with Crippen molar-refractivity contribution in [3.8, 4) is 0 Å². The first-order chi connectivity index (χ1) is 13.6. The Hall–Kier alpha value is -2.25. The van der Waals surface area contributed by atoms with E-state index in [0.717, 1.165) is 64.5 Å². The van der Waals surface area contributed by atoms with E-state index in [1.165, 1.54) is 11.4 Å². The van der Waals surface area contributed by atoms with Crippen molar-refractivity contribution in [1.82, 2.24) is 19.7 Å². The average Bonchev–Trinajstić information content (AvgIpc) is 3.02. The van der Waals surface area contributed by atoms with Gasteiger partial charge >= 0.3 is 0 Å². The largest absolute Gasteiger partial charge is 0.378 e. The summed E-state index contributed by atoms with van der Waals surface area (Å²) >= 11 is 0. The van der Waals surface area contributed by atoms with Crippen LogP contribution in [0.15, 0.2) is 24.4 Å². The van der Waals surface area contributed by atoms with E-state index in [-0.39, 0.29) is 11.7 Å². The first-order valence-corrected chi connectivity index (χ1v) is 10.2. The lowest BCUT2D eigenvalue weighted by molar-refractivity contribution is 0.0806. The smallest absolute Gasteiger partial charge is 0.185 e. The second-order valence-electron chi connectivity index (χ2n) is 7.76. The fourth-order valence-corrected chi connectivity index (χ4v) is 4.40. The maximum absolute atomic E-state index is 12.9. The molecule has 2 aromatic rings. The summed E-state index contributed by atoms with van der Waals surface area (Å²) < 4.78 is 7.51. The van der Waals surface area contributed by atoms with Crippen molar-refractivity contribution in [1.29, 1.82) is 0 Å². The summed E-state index contributed by atoms with van der Waals surface area (Å²) in [5, 5.41) is 4.68. The van der Waals surface area contributed by atoms with Gasteiger partial charge in [0.15, 0.2) is 5.78 Å². The number of aromatic nitrogens is 3. The first-order valence-electron chi connectivity index (χ1n) is 10.2. The van der Waals surface area contributed by atoms with Gasteiger partial charge in [0, 0.05) is 50.9 Å². The van der Waals surface area contributed by atoms with Crippen LogP contribution in [0.5, 0.6) is 0 Å². The molecule has 2 aromatic heterocycles. The highest BCUT2D eigenvalue weighted by molar-refractivity contribution is 5.96. The number of carbonyl (C=O) groups excluding carboxylic acids is 1. The molecule has 7 heteroatoms. The molecule has 0 amide bonds. The van der Waals surface area contributed by atoms with E-state index in [1.807, 2.05) is 29.9 Å². The molecule has 0 spiro atoms. The zero-order valence-electron chi connectivity index (χ0n) is 16.8. The number of nitrogens with zero attached hydrogens (tertiary/aromatic N) is 5. The molecule has 0 unspecified atom stereocenters. The molecule has 2 aliphatic heterocycles. The van der Waals surface area contributed by atoms with Crippen molar-refractivity contribution in [2.45, 2.75) is 26.3 Å². The molecule has 28 heavy (non-hydrogen) atoms. The number of Topliss-reactive ketones (excluding diaryl/α,β-unsaturated/α-hetero) is 1. The maximum Gasteiger partial charge on any atom is 0.185 e. The first kappa shape index (κ1) is 19.1. The minimum atomic E-state index is 0.0208. The molecule has 7 nitrogen and oxygen atoms in total. The number of hydrogen-bond donors (Lipinski definition) is 0. The zero-order chi connectivity index (χ0) is 19.5. The topological polar surface area (TPSA) is 63.5 Å². The second kappa shape index (κ2) is 8.41. The van der Waals surface area contributed by atoms with Gasteiger partial charge in [0.05, 0.1) is 18.9 Å². The summed E-state index contributed by atoms with van der Waals surface area (Å²) in [5.74, 6) is 1.38. The normalized spacial score (nSPS) is 21.1. The molecule has 0 bridgehead atoms. The number of pyridine rings is 1. The quantitative estimate of drug-likeness (QED) is 0.737. The summed E-state index contributed by atoms with van der Waals surface area (Å²) in [6.07, 6.45) is 3.67. The summed E-state index contributed by atoms with van der Waals surface area (Å²) in [5.41, 5.74) is 2.93. The van der Waals surface area contributed by atoms with Crippen LogP contribution in [0.4, 0.5) is 5.82 Å². The van der Waals surface area contributed by atoms with Gasteiger partial charge in [0.1, 0.15) is 11.5 Å². The Balaban J connectivity index is 1.49. The molecule has 2 aliphatic rings. The molecule has 2 fully saturated rings. The van der Waals surface area contributed by atoms with Gasteiger partial charge in [-0.2, -0.15) is 5.10 Å². The number of rotatable bonds is 5. The van der Waals surface area contributed by atoms with Gasteiger partial charge in [0.2, 0.25) is 0 Å². The van der Waals surface area contributed by atoms with Crippen molar-refractivity contribution in [3.05, 3.63) is 41.3 Å². The van der Waals surface area contributed by atoms with E-state index in [2.05, 4.69) is 26.8 Å². The van der Waals surface area contributed by atoms with Crippen LogP contribution in [0.3, 0.4) is 0 Å². The number of piperidine rings is 1. The van der Waals surface area contributed by atoms with E-state index >= 15 is 0 Å². The lowest BCUT2D eigenvalue weighted by atomic mass is 9.91. The minimum Gasteiger partial charge on any atom is -0.378 e. The SMILES string of the molecule is Cc1nn(C)c(N2CCOCC2)c1CN1CCC[C@H](C(=O)c2ccccn2)C1. The number of morpholine rings is 1. The van der Waals surface area contributed by atoms with Gasteiger partial charge in [-0.05, 0) is 38.4 Å². The van der Waals surface area contributed by atoms with Crippen molar-refractivity contribution in [2.75, 3.05) is 44.3 Å². The third kappa shape index (κ3) is 3.95. The molecular weight excluding hydrogens is 354 g/mol. The fraction of sp³-hybridized carbons (Fsp3) is 0.571. The highest BCUT2D eigenvalue weighted by Crippen LogP contribution is 2.28. The molecule has 0 N–H and O–H groups in total. The third-order valence-corrected chi connectivity index (χ3v) is 5.80. The van der Waals surface area contributed by atoms with Crippen LogP contribution in [0.1, 0.15) is 34.6 Å². The Morgan fingerprint density at radius 3 is 2.82 bits per heavy atom. The lowest BCUT2D eigenvalue weighted by Crippen LogP contribution is -2.40. The molecule has 0 aromatic carbocycles. The molecule has 1 atom stereocenters. The predicted molar refractivity (Wildman–Crippen MR) is 108 cm³/mol. The Morgan fingerprint density at radius 2 is 2.07 bits per heavy atom. The summed E-state index contributed by atoms with van der Waals surface area (Å²) in [7, 11) is 2.02. The Kier molecular flexibility index (Phi) is 5.73. The number of aryl methyl sites for hydroxylation is 2. The van der Waals surface area contributed by atoms with Crippen LogP contribution < -0.4 is 4.90 Å². The summed E-state index contributed by atoms with van der Waals surface area (Å²) in [6.45, 7) is 8.02. The lowest BCUT2D eigenvalue weighted by Gasteiger charge is -2.34. The number of ketones is 1. The van der Waals surface area contributed by atoms with Crippen LogP contribution in [0, 0.1) is 12.8 Å². The van der Waals surface area contributed by atoms with E-state index in [1.54, 1.807) is 6.20 Å². The van der Waals surface area contributed by atoms with Gasteiger partial charge in [-0.3, -0.25) is 19.4 Å². The summed E-state index contributed by atoms with van der Waals surface area (Å²) in [4.78, 5) is 21.9. The highest BCUT2D eigenvalue weighted by Gasteiger charge is 2.29. The van der Waals surface area contributed by atoms with Crippen LogP contribution in [-0.4, -0.2) is 64.8 Å². The molecule has 0 saturated carbocycles. The van der Waals surface area contributed by atoms with E-state index in [9.17, 15) is 4.79 Å². The molecule has 4 rings (SSSR count). The van der Waals surface area contributed by atoms with Gasteiger partial charge in [0.25, 0.3) is 0 Å². The number of ether oxygens (including phenoxy) is 1. The van der Waals surface area contributed by atoms with Gasteiger partial charge in [-0.15, -0.1) is 0 Å². The molecule has 150 valence electrons. The monoisotopic (exact) mass is 383 g/mol. The van der Waals surface area contributed by atoms with Crippen molar-refractivity contribution in [2.24, 2.45) is 13.0 Å². The van der Waals surface area contributed by atoms with E-state index in [4.69, 9.17) is 4.74 Å². The molecule has 2 saturated heterocycles. The zero-order valence-corrected chi connectivity index (χ0v) is 16.8. The van der Waals surface area contributed by atoms with Gasteiger partial charge < -0.3 is 9.64 Å². The second-order valence-corrected chi connectivity index (χ2v) is 7.76. The van der Waals surface area contributed by atoms with Gasteiger partial charge in [-0.1, -0.05) is 6.07 Å². The van der Waals surface area contributed by atoms with E-state index < -0.39 is 0 Å². The van der Waals surface area contributed by atoms with Crippen LogP contribution >= 0.6 is 0 Å². The van der Waals surface area contributed by atoms with Crippen molar-refractivity contribution in [3.63, 3.8) is 0 Å². The standard InChI is InChI=1S/C21H29N5O2/c1-16-18(21(24(2)23-16)26-10-12-28-13-11-26)15-25-9-5-6-17(14-25)20(27)19-7-3-4-8-22-19/h3-4,7-8,17H,5-6,9-15H2,1-2H3/t17-/m0/s1. The molecule has 0 radical (unpaired) electrons. The molecule has 4 heterocycles. The van der Waals surface area contributed by atoms with Crippen LogP contribution in [0.25, 0.3) is 0 Å². The third-order valence-electron chi connectivity index (χ3n) is 5.80. The van der Waals surface area contributed by atoms with Crippen LogP contribution in [0.2, 0.25) is 0 Å². The molecule has 0 aliphatic carbocycles. The van der Waals surface area contributed by atoms with Crippen LogP contribution in [-0.2, 0) is 18.3 Å². The highest BCUT2D eigenvalue weighted by atomic mass is 16.5. The van der Waals surface area contributed by atoms with Crippen molar-refractivity contribution < 1.29 is 9.53 Å².